The van der Waals surface area contributed by atoms with Crippen molar-refractivity contribution in [2.75, 3.05) is 6.54 Å². The van der Waals surface area contributed by atoms with Gasteiger partial charge in [0, 0.05) is 13.1 Å². The Bertz CT molecular complexity index is 850. The summed E-state index contributed by atoms with van der Waals surface area (Å²) in [6, 6.07) is 12.8. The lowest BCUT2D eigenvalue weighted by molar-refractivity contribution is -0.137. The molecule has 1 unspecified atom stereocenters. The Kier molecular flexibility index (Phi) is 5.86. The molecule has 142 valence electrons. The van der Waals surface area contributed by atoms with E-state index < -0.39 is 11.7 Å². The third-order valence-corrected chi connectivity index (χ3v) is 5.04. The van der Waals surface area contributed by atoms with E-state index in [9.17, 15) is 18.0 Å². The van der Waals surface area contributed by atoms with Crippen LogP contribution in [0, 0.1) is 6.92 Å². The standard InChI is InChI=1S/C19H18F3N3OS/c1-12-5-7-15(8-6-12)24-18-25-17(26)16(27-18)11-23-10-13-3-2-4-14(9-13)19(20,21)22/h2-9,16,23H,10-11H2,1H3,(H,24,25,26). The van der Waals surface area contributed by atoms with E-state index in [4.69, 9.17) is 0 Å². The fourth-order valence-electron chi connectivity index (χ4n) is 2.53. The second-order valence-corrected chi connectivity index (χ2v) is 7.37. The predicted molar refractivity (Wildman–Crippen MR) is 101 cm³/mol. The van der Waals surface area contributed by atoms with Gasteiger partial charge in [-0.2, -0.15) is 13.2 Å². The number of carbonyl (C=O) groups is 1. The Morgan fingerprint density at radius 3 is 2.63 bits per heavy atom. The average molecular weight is 393 g/mol. The van der Waals surface area contributed by atoms with E-state index in [1.165, 1.54) is 17.8 Å². The van der Waals surface area contributed by atoms with Gasteiger partial charge in [0.2, 0.25) is 5.91 Å². The minimum absolute atomic E-state index is 0.164. The zero-order valence-electron chi connectivity index (χ0n) is 14.5. The zero-order chi connectivity index (χ0) is 19.4. The Labute approximate surface area is 159 Å². The van der Waals surface area contributed by atoms with Crippen molar-refractivity contribution in [3.63, 3.8) is 0 Å². The van der Waals surface area contributed by atoms with Crippen molar-refractivity contribution < 1.29 is 18.0 Å². The van der Waals surface area contributed by atoms with E-state index in [1.807, 2.05) is 31.2 Å². The van der Waals surface area contributed by atoms with Gasteiger partial charge in [-0.1, -0.05) is 47.7 Å². The van der Waals surface area contributed by atoms with Crippen LogP contribution in [0.4, 0.5) is 18.9 Å². The summed E-state index contributed by atoms with van der Waals surface area (Å²) in [4.78, 5) is 16.5. The van der Waals surface area contributed by atoms with Crippen LogP contribution < -0.4 is 10.6 Å². The van der Waals surface area contributed by atoms with E-state index in [1.54, 1.807) is 6.07 Å². The van der Waals surface area contributed by atoms with Crippen molar-refractivity contribution in [3.05, 3.63) is 65.2 Å². The molecule has 2 aromatic rings. The number of aliphatic imine (C=N–C) groups is 1. The van der Waals surface area contributed by atoms with Crippen LogP contribution >= 0.6 is 11.8 Å². The highest BCUT2D eigenvalue weighted by Crippen LogP contribution is 2.29. The van der Waals surface area contributed by atoms with Gasteiger partial charge in [0.05, 0.1) is 11.3 Å². The molecule has 0 saturated carbocycles. The normalized spacial score (nSPS) is 18.7. The summed E-state index contributed by atoms with van der Waals surface area (Å²) in [6.45, 7) is 2.56. The van der Waals surface area contributed by atoms with Crippen LogP contribution in [0.5, 0.6) is 0 Å². The Balaban J connectivity index is 1.55. The number of halogens is 3. The molecule has 1 saturated heterocycles. The number of nitrogens with one attached hydrogen (secondary N) is 2. The Morgan fingerprint density at radius 2 is 1.93 bits per heavy atom. The van der Waals surface area contributed by atoms with Crippen LogP contribution in [-0.4, -0.2) is 22.9 Å². The minimum Gasteiger partial charge on any atom is -0.311 e. The van der Waals surface area contributed by atoms with Gasteiger partial charge in [-0.05, 0) is 30.7 Å². The number of thioether (sulfide) groups is 1. The first-order chi connectivity index (χ1) is 12.8. The summed E-state index contributed by atoms with van der Waals surface area (Å²) in [7, 11) is 0. The largest absolute Gasteiger partial charge is 0.416 e. The maximum absolute atomic E-state index is 12.7. The summed E-state index contributed by atoms with van der Waals surface area (Å²) >= 11 is 1.31. The van der Waals surface area contributed by atoms with Crippen molar-refractivity contribution in [2.24, 2.45) is 4.99 Å². The molecular weight excluding hydrogens is 375 g/mol. The smallest absolute Gasteiger partial charge is 0.311 e. The van der Waals surface area contributed by atoms with E-state index in [-0.39, 0.29) is 17.7 Å². The first kappa shape index (κ1) is 19.4. The average Bonchev–Trinajstić information content (AvgIpc) is 2.96. The number of rotatable bonds is 5. The molecule has 0 spiro atoms. The van der Waals surface area contributed by atoms with Crippen molar-refractivity contribution in [3.8, 4) is 0 Å². The third kappa shape index (κ3) is 5.33. The van der Waals surface area contributed by atoms with Gasteiger partial charge in [-0.15, -0.1) is 0 Å². The second kappa shape index (κ2) is 8.14. The van der Waals surface area contributed by atoms with E-state index >= 15 is 0 Å². The first-order valence-corrected chi connectivity index (χ1v) is 9.19. The molecule has 0 radical (unpaired) electrons. The van der Waals surface area contributed by atoms with Crippen molar-refractivity contribution >= 4 is 28.5 Å². The van der Waals surface area contributed by atoms with Gasteiger partial charge in [0.25, 0.3) is 0 Å². The summed E-state index contributed by atoms with van der Waals surface area (Å²) in [6.07, 6.45) is -4.36. The van der Waals surface area contributed by atoms with Crippen LogP contribution in [-0.2, 0) is 17.5 Å². The zero-order valence-corrected chi connectivity index (χ0v) is 15.3. The van der Waals surface area contributed by atoms with Gasteiger partial charge in [0.1, 0.15) is 5.25 Å². The second-order valence-electron chi connectivity index (χ2n) is 6.18. The molecule has 1 aliphatic heterocycles. The molecule has 4 nitrogen and oxygen atoms in total. The number of carbonyl (C=O) groups excluding carboxylic acids is 1. The molecule has 2 aromatic carbocycles. The summed E-state index contributed by atoms with van der Waals surface area (Å²) in [5.41, 5.74) is 1.71. The Hall–Kier alpha value is -2.32. The topological polar surface area (TPSA) is 53.5 Å². The van der Waals surface area contributed by atoms with Crippen LogP contribution in [0.15, 0.2) is 53.5 Å². The number of amides is 1. The summed E-state index contributed by atoms with van der Waals surface area (Å²) < 4.78 is 38.2. The highest BCUT2D eigenvalue weighted by atomic mass is 32.2. The molecular formula is C19H18F3N3OS. The number of hydrogen-bond acceptors (Lipinski definition) is 4. The molecule has 0 aromatic heterocycles. The van der Waals surface area contributed by atoms with E-state index in [0.717, 1.165) is 23.4 Å². The lowest BCUT2D eigenvalue weighted by Gasteiger charge is -2.10. The lowest BCUT2D eigenvalue weighted by atomic mass is 10.1. The van der Waals surface area contributed by atoms with Crippen LogP contribution in [0.25, 0.3) is 0 Å². The predicted octanol–water partition coefficient (Wildman–Crippen LogP) is 4.02. The molecule has 2 N–H and O–H groups in total. The monoisotopic (exact) mass is 393 g/mol. The number of amidine groups is 1. The SMILES string of the molecule is Cc1ccc(/N=C2/NC(=O)C(CNCc3cccc(C(F)(F)F)c3)S2)cc1. The number of aryl methyl sites for hydroxylation is 1. The summed E-state index contributed by atoms with van der Waals surface area (Å²) in [5, 5.41) is 5.92. The van der Waals surface area contributed by atoms with Gasteiger partial charge in [-0.3, -0.25) is 4.79 Å². The van der Waals surface area contributed by atoms with Gasteiger partial charge >= 0.3 is 6.18 Å². The quantitative estimate of drug-likeness (QED) is 0.807. The highest BCUT2D eigenvalue weighted by Gasteiger charge is 2.31. The molecule has 0 bridgehead atoms. The molecule has 1 atom stereocenters. The Morgan fingerprint density at radius 1 is 1.19 bits per heavy atom. The third-order valence-electron chi connectivity index (χ3n) is 3.95. The maximum Gasteiger partial charge on any atom is 0.416 e. The lowest BCUT2D eigenvalue weighted by Crippen LogP contribution is -2.32. The van der Waals surface area contributed by atoms with Gasteiger partial charge in [0.15, 0.2) is 5.17 Å². The molecule has 27 heavy (non-hydrogen) atoms. The molecule has 1 heterocycles. The van der Waals surface area contributed by atoms with Gasteiger partial charge < -0.3 is 10.6 Å². The van der Waals surface area contributed by atoms with Crippen LogP contribution in [0.3, 0.4) is 0 Å². The highest BCUT2D eigenvalue weighted by molar-refractivity contribution is 8.15. The molecule has 3 rings (SSSR count). The van der Waals surface area contributed by atoms with E-state index in [2.05, 4.69) is 15.6 Å². The molecule has 0 aliphatic carbocycles. The number of alkyl halides is 3. The molecule has 8 heteroatoms. The number of benzene rings is 2. The van der Waals surface area contributed by atoms with Gasteiger partial charge in [-0.25, -0.2) is 4.99 Å². The fraction of sp³-hybridized carbons (Fsp3) is 0.263. The minimum atomic E-state index is -4.36. The fourth-order valence-corrected chi connectivity index (χ4v) is 3.49. The maximum atomic E-state index is 12.7. The molecule has 1 amide bonds. The molecule has 1 fully saturated rings. The molecule has 1 aliphatic rings. The van der Waals surface area contributed by atoms with Crippen molar-refractivity contribution in [2.45, 2.75) is 24.9 Å². The van der Waals surface area contributed by atoms with Crippen molar-refractivity contribution in [1.29, 1.82) is 0 Å². The van der Waals surface area contributed by atoms with Crippen molar-refractivity contribution in [1.82, 2.24) is 10.6 Å². The number of hydrogen-bond donors (Lipinski definition) is 2. The van der Waals surface area contributed by atoms with Crippen LogP contribution in [0.1, 0.15) is 16.7 Å². The number of nitrogens with zero attached hydrogens (tertiary/aromatic N) is 1. The first-order valence-electron chi connectivity index (χ1n) is 8.31. The van der Waals surface area contributed by atoms with Crippen LogP contribution in [0.2, 0.25) is 0 Å². The van der Waals surface area contributed by atoms with E-state index in [0.29, 0.717) is 17.3 Å². The summed E-state index contributed by atoms with van der Waals surface area (Å²) in [5.74, 6) is -0.164.